The van der Waals surface area contributed by atoms with Crippen molar-refractivity contribution in [3.05, 3.63) is 102 Å². The molecule has 0 aliphatic rings. The van der Waals surface area contributed by atoms with Crippen LogP contribution in [-0.4, -0.2) is 44.0 Å². The number of carboxylic acids is 1. The van der Waals surface area contributed by atoms with E-state index in [9.17, 15) is 28.6 Å². The number of nitrogens with zero attached hydrogens (tertiary/aromatic N) is 1. The van der Waals surface area contributed by atoms with Crippen molar-refractivity contribution >= 4 is 17.6 Å². The zero-order valence-corrected chi connectivity index (χ0v) is 23.4. The van der Waals surface area contributed by atoms with Crippen LogP contribution in [0.5, 0.6) is 0 Å². The molecular weight excluding hydrogens is 542 g/mol. The Hall–Kier alpha value is -4.34. The van der Waals surface area contributed by atoms with Crippen LogP contribution >= 0.6 is 0 Å². The second kappa shape index (κ2) is 13.5. The number of hydrogen-bond donors (Lipinski definition) is 4. The molecule has 0 saturated heterocycles. The third kappa shape index (κ3) is 7.29. The van der Waals surface area contributed by atoms with Crippen LogP contribution < -0.4 is 5.32 Å². The summed E-state index contributed by atoms with van der Waals surface area (Å²) in [5.41, 5.74) is 4.19. The van der Waals surface area contributed by atoms with E-state index in [1.807, 2.05) is 48.7 Å². The highest BCUT2D eigenvalue weighted by Gasteiger charge is 2.30. The second-order valence-corrected chi connectivity index (χ2v) is 10.5. The lowest BCUT2D eigenvalue weighted by Crippen LogP contribution is -2.22. The largest absolute Gasteiger partial charge is 0.481 e. The fourth-order valence-electron chi connectivity index (χ4n) is 5.23. The second-order valence-electron chi connectivity index (χ2n) is 10.5. The van der Waals surface area contributed by atoms with E-state index in [2.05, 4.69) is 5.32 Å². The molecule has 0 radical (unpaired) electrons. The molecule has 0 bridgehead atoms. The molecule has 1 amide bonds. The number of anilines is 1. The molecule has 1 heterocycles. The first-order valence-electron chi connectivity index (χ1n) is 13.8. The van der Waals surface area contributed by atoms with Gasteiger partial charge in [-0.3, -0.25) is 9.59 Å². The molecule has 1 aromatic heterocycles. The van der Waals surface area contributed by atoms with Gasteiger partial charge in [0, 0.05) is 28.6 Å². The predicted molar refractivity (Wildman–Crippen MR) is 157 cm³/mol. The number of aromatic nitrogens is 1. The van der Waals surface area contributed by atoms with Crippen LogP contribution in [0.2, 0.25) is 0 Å². The molecule has 7 nitrogen and oxygen atoms in total. The number of halogens is 2. The molecular formula is C33H34F2N2O5. The number of carbonyl (C=O) groups excluding carboxylic acids is 1. The Kier molecular flexibility index (Phi) is 9.88. The van der Waals surface area contributed by atoms with Gasteiger partial charge in [0.2, 0.25) is 0 Å². The van der Waals surface area contributed by atoms with E-state index in [1.165, 1.54) is 36.4 Å². The smallest absolute Gasteiger partial charge is 0.305 e. The monoisotopic (exact) mass is 576 g/mol. The molecule has 0 aliphatic carbocycles. The molecule has 0 unspecified atom stereocenters. The minimum absolute atomic E-state index is 0.121. The minimum Gasteiger partial charge on any atom is -0.481 e. The van der Waals surface area contributed by atoms with E-state index in [4.69, 9.17) is 5.11 Å². The number of benzene rings is 3. The van der Waals surface area contributed by atoms with Gasteiger partial charge in [-0.05, 0) is 80.6 Å². The summed E-state index contributed by atoms with van der Waals surface area (Å²) in [6.45, 7) is 3.85. The van der Waals surface area contributed by atoms with Crippen molar-refractivity contribution in [3.8, 4) is 22.3 Å². The number of amides is 1. The number of nitrogens with one attached hydrogen (secondary N) is 1. The zero-order valence-electron chi connectivity index (χ0n) is 23.4. The molecule has 9 heteroatoms. The number of rotatable bonds is 12. The maximum Gasteiger partial charge on any atom is 0.305 e. The number of carboxylic acid groups (broad SMARTS) is 1. The highest BCUT2D eigenvalue weighted by atomic mass is 19.1. The SMILES string of the molecule is CC(C)n1c(CC[C@@H](O)C[C@@H](O)CC(=O)O)c(-c2ccc(F)cc2)c(-c2ccccc2)c1C(=O)Nc1ccc(F)cc1. The number of carbonyl (C=O) groups is 2. The average molecular weight is 577 g/mol. The van der Waals surface area contributed by atoms with Crippen molar-refractivity contribution in [2.24, 2.45) is 0 Å². The normalized spacial score (nSPS) is 12.7. The first kappa shape index (κ1) is 30.6. The zero-order chi connectivity index (χ0) is 30.4. The van der Waals surface area contributed by atoms with Gasteiger partial charge in [0.1, 0.15) is 17.3 Å². The summed E-state index contributed by atoms with van der Waals surface area (Å²) in [6.07, 6.45) is -2.36. The summed E-state index contributed by atoms with van der Waals surface area (Å²) in [4.78, 5) is 25.0. The van der Waals surface area contributed by atoms with Crippen molar-refractivity contribution in [3.63, 3.8) is 0 Å². The van der Waals surface area contributed by atoms with Gasteiger partial charge in [-0.15, -0.1) is 0 Å². The van der Waals surface area contributed by atoms with Crippen molar-refractivity contribution in [2.45, 2.75) is 57.8 Å². The summed E-state index contributed by atoms with van der Waals surface area (Å²) in [5, 5.41) is 32.6. The molecule has 220 valence electrons. The lowest BCUT2D eigenvalue weighted by Gasteiger charge is -2.20. The maximum atomic E-state index is 14.0. The summed E-state index contributed by atoms with van der Waals surface area (Å²) < 4.78 is 29.5. The van der Waals surface area contributed by atoms with Gasteiger partial charge in [-0.25, -0.2) is 8.78 Å². The highest BCUT2D eigenvalue weighted by molar-refractivity contribution is 6.11. The van der Waals surface area contributed by atoms with Gasteiger partial charge in [-0.1, -0.05) is 42.5 Å². The van der Waals surface area contributed by atoms with Crippen molar-refractivity contribution in [2.75, 3.05) is 5.32 Å². The van der Waals surface area contributed by atoms with Gasteiger partial charge < -0.3 is 25.2 Å². The molecule has 42 heavy (non-hydrogen) atoms. The molecule has 4 rings (SSSR count). The Balaban J connectivity index is 1.89. The molecule has 0 saturated carbocycles. The van der Waals surface area contributed by atoms with Crippen LogP contribution in [0.25, 0.3) is 22.3 Å². The highest BCUT2D eigenvalue weighted by Crippen LogP contribution is 2.43. The number of aliphatic hydroxyl groups is 2. The van der Waals surface area contributed by atoms with E-state index < -0.39 is 42.1 Å². The van der Waals surface area contributed by atoms with Gasteiger partial charge in [-0.2, -0.15) is 0 Å². The van der Waals surface area contributed by atoms with Crippen molar-refractivity contribution < 1.29 is 33.7 Å². The van der Waals surface area contributed by atoms with Gasteiger partial charge in [0.05, 0.1) is 18.6 Å². The van der Waals surface area contributed by atoms with Crippen LogP contribution in [0.1, 0.15) is 55.3 Å². The summed E-state index contributed by atoms with van der Waals surface area (Å²) in [5.74, 6) is -2.44. The standard InChI is InChI=1S/C33H34F2N2O5/c1-20(2)37-28(17-16-26(38)18-27(39)19-29(40)41)30(22-8-10-23(34)11-9-22)31(21-6-4-3-5-7-21)32(37)33(42)36-25-14-12-24(35)13-15-25/h3-15,20,26-27,38-39H,16-19H2,1-2H3,(H,36,42)(H,40,41)/t26-,27-/m1/s1. The van der Waals surface area contributed by atoms with Crippen LogP contribution in [0.4, 0.5) is 14.5 Å². The lowest BCUT2D eigenvalue weighted by molar-refractivity contribution is -0.139. The molecule has 0 fully saturated rings. The van der Waals surface area contributed by atoms with E-state index in [-0.39, 0.29) is 25.3 Å². The Labute approximate surface area is 243 Å². The quantitative estimate of drug-likeness (QED) is 0.155. The fraction of sp³-hybridized carbons (Fsp3) is 0.273. The van der Waals surface area contributed by atoms with Gasteiger partial charge >= 0.3 is 5.97 Å². The third-order valence-corrected chi connectivity index (χ3v) is 7.00. The molecule has 4 N–H and O–H groups in total. The number of aliphatic carboxylic acids is 1. The molecule has 0 aliphatic heterocycles. The van der Waals surface area contributed by atoms with E-state index >= 15 is 0 Å². The van der Waals surface area contributed by atoms with Crippen molar-refractivity contribution in [1.82, 2.24) is 4.57 Å². The Bertz CT molecular complexity index is 1520. The summed E-state index contributed by atoms with van der Waals surface area (Å²) in [6, 6.07) is 20.5. The first-order chi connectivity index (χ1) is 20.0. The maximum absolute atomic E-state index is 14.0. The molecule has 4 aromatic rings. The molecule has 3 aromatic carbocycles. The van der Waals surface area contributed by atoms with E-state index in [0.717, 1.165) is 5.56 Å². The van der Waals surface area contributed by atoms with Gasteiger partial charge in [0.15, 0.2) is 0 Å². The van der Waals surface area contributed by atoms with Crippen LogP contribution in [-0.2, 0) is 11.2 Å². The summed E-state index contributed by atoms with van der Waals surface area (Å²) >= 11 is 0. The fourth-order valence-corrected chi connectivity index (χ4v) is 5.23. The van der Waals surface area contributed by atoms with Crippen LogP contribution in [0, 0.1) is 11.6 Å². The Morgan fingerprint density at radius 1 is 0.810 bits per heavy atom. The summed E-state index contributed by atoms with van der Waals surface area (Å²) in [7, 11) is 0. The topological polar surface area (TPSA) is 112 Å². The first-order valence-corrected chi connectivity index (χ1v) is 13.8. The Morgan fingerprint density at radius 2 is 1.38 bits per heavy atom. The van der Waals surface area contributed by atoms with Crippen LogP contribution in [0.3, 0.4) is 0 Å². The number of hydrogen-bond acceptors (Lipinski definition) is 4. The third-order valence-electron chi connectivity index (χ3n) is 7.00. The van der Waals surface area contributed by atoms with E-state index in [1.54, 1.807) is 12.1 Å². The Morgan fingerprint density at radius 3 is 1.95 bits per heavy atom. The van der Waals surface area contributed by atoms with E-state index in [0.29, 0.717) is 33.8 Å². The lowest BCUT2D eigenvalue weighted by atomic mass is 9.92. The predicted octanol–water partition coefficient (Wildman–Crippen LogP) is 6.45. The molecule has 2 atom stereocenters. The van der Waals surface area contributed by atoms with Crippen molar-refractivity contribution in [1.29, 1.82) is 0 Å². The van der Waals surface area contributed by atoms with Crippen LogP contribution in [0.15, 0.2) is 78.9 Å². The molecule has 0 spiro atoms. The van der Waals surface area contributed by atoms with Gasteiger partial charge in [0.25, 0.3) is 5.91 Å². The average Bonchev–Trinajstić information content (AvgIpc) is 3.29. The minimum atomic E-state index is -1.21. The number of aliphatic hydroxyl groups excluding tert-OH is 2.